The van der Waals surface area contributed by atoms with Crippen LogP contribution in [0.5, 0.6) is 0 Å². The number of hydrogen-bond acceptors (Lipinski definition) is 7. The minimum atomic E-state index is 0.162. The Bertz CT molecular complexity index is 687. The molecule has 0 amide bonds. The molecule has 2 heterocycles. The lowest BCUT2D eigenvalue weighted by atomic mass is 10.2. The number of hydrogen-bond donors (Lipinski definition) is 2. The number of aromatic nitrogens is 2. The zero-order valence-corrected chi connectivity index (χ0v) is 13.6. The van der Waals surface area contributed by atoms with Crippen molar-refractivity contribution in [3.8, 4) is 6.07 Å². The summed E-state index contributed by atoms with van der Waals surface area (Å²) in [6.45, 7) is 6.73. The predicted molar refractivity (Wildman–Crippen MR) is 85.9 cm³/mol. The quantitative estimate of drug-likeness (QED) is 0.651. The van der Waals surface area contributed by atoms with Crippen molar-refractivity contribution >= 4 is 27.4 Å². The predicted octanol–water partition coefficient (Wildman–Crippen LogP) is 2.33. The molecule has 21 heavy (non-hydrogen) atoms. The first-order valence-corrected chi connectivity index (χ1v) is 7.60. The Morgan fingerprint density at radius 2 is 2.14 bits per heavy atom. The van der Waals surface area contributed by atoms with Crippen molar-refractivity contribution in [3.63, 3.8) is 0 Å². The fourth-order valence-corrected chi connectivity index (χ4v) is 3.18. The van der Waals surface area contributed by atoms with E-state index in [1.807, 2.05) is 14.0 Å². The summed E-state index contributed by atoms with van der Waals surface area (Å²) in [5, 5.41) is 9.77. The lowest BCUT2D eigenvalue weighted by molar-refractivity contribution is 0.247. The van der Waals surface area contributed by atoms with Crippen LogP contribution in [0, 0.1) is 25.2 Å². The first kappa shape index (κ1) is 15.6. The Hall–Kier alpha value is -1.75. The summed E-state index contributed by atoms with van der Waals surface area (Å²) in [4.78, 5) is 13.4. The summed E-state index contributed by atoms with van der Waals surface area (Å²) in [7, 11) is 1.97. The molecule has 0 aliphatic carbocycles. The first-order chi connectivity index (χ1) is 9.97. The zero-order valence-electron chi connectivity index (χ0n) is 12.8. The first-order valence-electron chi connectivity index (χ1n) is 6.78. The number of anilines is 1. The lowest BCUT2D eigenvalue weighted by Crippen LogP contribution is -2.29. The molecule has 0 saturated carbocycles. The molecule has 0 bridgehead atoms. The third kappa shape index (κ3) is 3.13. The van der Waals surface area contributed by atoms with E-state index in [0.29, 0.717) is 24.6 Å². The summed E-state index contributed by atoms with van der Waals surface area (Å²) in [6.07, 6.45) is 0.484. The van der Waals surface area contributed by atoms with Gasteiger partial charge in [0.2, 0.25) is 0 Å². The van der Waals surface area contributed by atoms with E-state index < -0.39 is 0 Å². The molecule has 0 radical (unpaired) electrons. The monoisotopic (exact) mass is 304 g/mol. The van der Waals surface area contributed by atoms with Crippen molar-refractivity contribution in [1.82, 2.24) is 14.9 Å². The van der Waals surface area contributed by atoms with Crippen molar-refractivity contribution in [2.24, 2.45) is 5.84 Å². The fraction of sp³-hybridized carbons (Fsp3) is 0.500. The molecule has 0 fully saturated rings. The second kappa shape index (κ2) is 6.35. The number of thiophene rings is 1. The van der Waals surface area contributed by atoms with Crippen molar-refractivity contribution in [1.29, 1.82) is 5.26 Å². The van der Waals surface area contributed by atoms with Gasteiger partial charge in [-0.05, 0) is 33.4 Å². The van der Waals surface area contributed by atoms with E-state index in [2.05, 4.69) is 40.2 Å². The van der Waals surface area contributed by atoms with Gasteiger partial charge in [0.25, 0.3) is 0 Å². The maximum atomic E-state index is 8.78. The van der Waals surface area contributed by atoms with E-state index in [9.17, 15) is 0 Å². The number of hydrazine groups is 1. The summed E-state index contributed by atoms with van der Waals surface area (Å²) in [6, 6.07) is 2.35. The summed E-state index contributed by atoms with van der Waals surface area (Å²) < 4.78 is 0. The lowest BCUT2D eigenvalue weighted by Gasteiger charge is -2.21. The van der Waals surface area contributed by atoms with Crippen molar-refractivity contribution in [2.45, 2.75) is 39.8 Å². The minimum absolute atomic E-state index is 0.162. The van der Waals surface area contributed by atoms with Gasteiger partial charge in [0.05, 0.1) is 24.4 Å². The number of rotatable bonds is 5. The SMILES string of the molecule is Cc1sc2nc(CN(C)C(C)CC#N)nc(NN)c2c1C. The highest BCUT2D eigenvalue weighted by Gasteiger charge is 2.16. The molecule has 1 unspecified atom stereocenters. The number of nitrogens with zero attached hydrogens (tertiary/aromatic N) is 4. The third-order valence-corrected chi connectivity index (χ3v) is 4.84. The maximum Gasteiger partial charge on any atom is 0.152 e. The van der Waals surface area contributed by atoms with Crippen LogP contribution in [-0.4, -0.2) is 28.0 Å². The van der Waals surface area contributed by atoms with Crippen LogP contribution in [0.25, 0.3) is 10.2 Å². The Labute approximate surface area is 128 Å². The second-order valence-corrected chi connectivity index (χ2v) is 6.43. The Morgan fingerprint density at radius 1 is 1.43 bits per heavy atom. The van der Waals surface area contributed by atoms with Crippen LogP contribution in [0.2, 0.25) is 0 Å². The van der Waals surface area contributed by atoms with Gasteiger partial charge in [-0.15, -0.1) is 11.3 Å². The minimum Gasteiger partial charge on any atom is -0.308 e. The van der Waals surface area contributed by atoms with Crippen LogP contribution >= 0.6 is 11.3 Å². The van der Waals surface area contributed by atoms with Gasteiger partial charge < -0.3 is 5.43 Å². The van der Waals surface area contributed by atoms with Gasteiger partial charge in [0, 0.05) is 10.9 Å². The molecule has 2 aromatic rings. The van der Waals surface area contributed by atoms with E-state index in [0.717, 1.165) is 10.2 Å². The van der Waals surface area contributed by atoms with Gasteiger partial charge in [-0.1, -0.05) is 0 Å². The highest BCUT2D eigenvalue weighted by atomic mass is 32.1. The van der Waals surface area contributed by atoms with Crippen molar-refractivity contribution in [2.75, 3.05) is 12.5 Å². The van der Waals surface area contributed by atoms with E-state index in [1.54, 1.807) is 11.3 Å². The van der Waals surface area contributed by atoms with E-state index in [-0.39, 0.29) is 6.04 Å². The Kier molecular flexibility index (Phi) is 4.73. The summed E-state index contributed by atoms with van der Waals surface area (Å²) in [5.74, 6) is 6.99. The van der Waals surface area contributed by atoms with Gasteiger partial charge in [-0.3, -0.25) is 4.90 Å². The normalized spacial score (nSPS) is 12.6. The van der Waals surface area contributed by atoms with Gasteiger partial charge in [0.1, 0.15) is 10.7 Å². The molecule has 0 aliphatic heterocycles. The average Bonchev–Trinajstić information content (AvgIpc) is 2.73. The number of fused-ring (bicyclic) bond motifs is 1. The highest BCUT2D eigenvalue weighted by molar-refractivity contribution is 7.18. The molecule has 0 spiro atoms. The van der Waals surface area contributed by atoms with Crippen LogP contribution < -0.4 is 11.3 Å². The third-order valence-electron chi connectivity index (χ3n) is 3.74. The fourth-order valence-electron chi connectivity index (χ4n) is 2.14. The molecule has 112 valence electrons. The largest absolute Gasteiger partial charge is 0.308 e. The molecule has 1 atom stereocenters. The Balaban J connectivity index is 2.36. The van der Waals surface area contributed by atoms with Crippen LogP contribution in [0.3, 0.4) is 0 Å². The molecule has 2 aromatic heterocycles. The van der Waals surface area contributed by atoms with E-state index in [1.165, 1.54) is 10.4 Å². The van der Waals surface area contributed by atoms with Gasteiger partial charge in [0.15, 0.2) is 5.82 Å². The van der Waals surface area contributed by atoms with Crippen LogP contribution in [0.1, 0.15) is 29.6 Å². The molecule has 0 aliphatic rings. The summed E-state index contributed by atoms with van der Waals surface area (Å²) in [5.41, 5.74) is 3.84. The molecule has 0 aromatic carbocycles. The molecule has 6 nitrogen and oxygen atoms in total. The number of aryl methyl sites for hydroxylation is 2. The van der Waals surface area contributed by atoms with Crippen LogP contribution in [0.15, 0.2) is 0 Å². The zero-order chi connectivity index (χ0) is 15.6. The smallest absolute Gasteiger partial charge is 0.152 e. The van der Waals surface area contributed by atoms with E-state index >= 15 is 0 Å². The maximum absolute atomic E-state index is 8.78. The van der Waals surface area contributed by atoms with Gasteiger partial charge >= 0.3 is 0 Å². The standard InChI is InChI=1S/C14H20N6S/c1-8(5-6-15)20(4)7-11-17-13(19-16)12-9(2)10(3)21-14(12)18-11/h8H,5,7,16H2,1-4H3,(H,17,18,19). The van der Waals surface area contributed by atoms with Crippen molar-refractivity contribution in [3.05, 3.63) is 16.3 Å². The number of nitrogens with one attached hydrogen (secondary N) is 1. The Morgan fingerprint density at radius 3 is 2.76 bits per heavy atom. The van der Waals surface area contributed by atoms with E-state index in [4.69, 9.17) is 11.1 Å². The number of nitrogens with two attached hydrogens (primary N) is 1. The van der Waals surface area contributed by atoms with Gasteiger partial charge in [-0.2, -0.15) is 5.26 Å². The molecular formula is C14H20N6S. The summed E-state index contributed by atoms with van der Waals surface area (Å²) >= 11 is 1.65. The number of nitriles is 1. The second-order valence-electron chi connectivity index (χ2n) is 5.22. The number of nitrogen functional groups attached to an aromatic ring is 1. The molecule has 0 saturated heterocycles. The highest BCUT2D eigenvalue weighted by Crippen LogP contribution is 2.32. The van der Waals surface area contributed by atoms with Crippen LogP contribution in [-0.2, 0) is 6.54 Å². The molecule has 2 rings (SSSR count). The molecule has 3 N–H and O–H groups in total. The van der Waals surface area contributed by atoms with Gasteiger partial charge in [-0.25, -0.2) is 15.8 Å². The van der Waals surface area contributed by atoms with Crippen molar-refractivity contribution < 1.29 is 0 Å². The topological polar surface area (TPSA) is 90.9 Å². The molecule has 7 heteroatoms. The molecular weight excluding hydrogens is 284 g/mol. The average molecular weight is 304 g/mol. The van der Waals surface area contributed by atoms with Crippen LogP contribution in [0.4, 0.5) is 5.82 Å².